The molecule has 5 nitrogen and oxygen atoms in total. The van der Waals surface area contributed by atoms with Crippen molar-refractivity contribution in [1.82, 2.24) is 4.90 Å². The van der Waals surface area contributed by atoms with Crippen LogP contribution >= 0.6 is 23.1 Å². The lowest BCUT2D eigenvalue weighted by Crippen LogP contribution is -2.48. The van der Waals surface area contributed by atoms with Crippen molar-refractivity contribution in [3.8, 4) is 6.07 Å². The number of carbonyl (C=O) groups excluding carboxylic acids is 2. The van der Waals surface area contributed by atoms with E-state index in [0.29, 0.717) is 22.7 Å². The summed E-state index contributed by atoms with van der Waals surface area (Å²) in [6, 6.07) is 1.84. The minimum absolute atomic E-state index is 0.0635. The predicted molar refractivity (Wildman–Crippen MR) is 95.0 cm³/mol. The zero-order chi connectivity index (χ0) is 16.9. The number of nitrogens with one attached hydrogen (secondary N) is 1. The van der Waals surface area contributed by atoms with E-state index >= 15 is 0 Å². The Kier molecular flexibility index (Phi) is 3.85. The third kappa shape index (κ3) is 2.35. The lowest BCUT2D eigenvalue weighted by atomic mass is 9.96. The summed E-state index contributed by atoms with van der Waals surface area (Å²) in [6.07, 6.45) is 5.48. The molecule has 126 valence electrons. The number of aryl methyl sites for hydroxylation is 1. The van der Waals surface area contributed by atoms with Gasteiger partial charge in [-0.25, -0.2) is 0 Å². The zero-order valence-corrected chi connectivity index (χ0v) is 15.2. The van der Waals surface area contributed by atoms with E-state index in [1.165, 1.54) is 16.2 Å². The highest BCUT2D eigenvalue weighted by atomic mass is 32.2. The summed E-state index contributed by atoms with van der Waals surface area (Å²) in [5.74, 6) is 0.534. The van der Waals surface area contributed by atoms with E-state index in [4.69, 9.17) is 0 Å². The van der Waals surface area contributed by atoms with Crippen LogP contribution < -0.4 is 5.32 Å². The molecule has 0 spiro atoms. The van der Waals surface area contributed by atoms with Crippen LogP contribution in [0.5, 0.6) is 0 Å². The van der Waals surface area contributed by atoms with Crippen molar-refractivity contribution >= 4 is 39.9 Å². The quantitative estimate of drug-likeness (QED) is 0.879. The molecule has 4 rings (SSSR count). The summed E-state index contributed by atoms with van der Waals surface area (Å²) in [7, 11) is 0. The first-order valence-corrected chi connectivity index (χ1v) is 10.2. The third-order valence-electron chi connectivity index (χ3n) is 5.27. The summed E-state index contributed by atoms with van der Waals surface area (Å²) < 4.78 is 0. The van der Waals surface area contributed by atoms with Gasteiger partial charge in [-0.2, -0.15) is 5.26 Å². The van der Waals surface area contributed by atoms with Gasteiger partial charge in [0.1, 0.15) is 17.1 Å². The highest BCUT2D eigenvalue weighted by Gasteiger charge is 2.53. The van der Waals surface area contributed by atoms with Gasteiger partial charge in [0.05, 0.1) is 10.4 Å². The molecule has 2 aliphatic heterocycles. The van der Waals surface area contributed by atoms with Crippen LogP contribution in [0.25, 0.3) is 0 Å². The number of nitrogens with zero attached hydrogens (tertiary/aromatic N) is 2. The summed E-state index contributed by atoms with van der Waals surface area (Å²) in [4.78, 5) is 27.7. The normalized spacial score (nSPS) is 28.4. The van der Waals surface area contributed by atoms with Crippen LogP contribution in [0.4, 0.5) is 5.00 Å². The fraction of sp³-hybridized carbons (Fsp3) is 0.588. The Morgan fingerprint density at radius 2 is 2.17 bits per heavy atom. The first kappa shape index (κ1) is 16.0. The molecular weight excluding hydrogens is 342 g/mol. The van der Waals surface area contributed by atoms with Crippen LogP contribution in [0.15, 0.2) is 0 Å². The summed E-state index contributed by atoms with van der Waals surface area (Å²) in [5, 5.41) is 13.1. The van der Waals surface area contributed by atoms with Crippen molar-refractivity contribution in [2.24, 2.45) is 0 Å². The average molecular weight is 361 g/mol. The fourth-order valence-electron chi connectivity index (χ4n) is 3.98. The molecule has 2 saturated heterocycles. The smallest absolute Gasteiger partial charge is 0.248 e. The van der Waals surface area contributed by atoms with E-state index in [-0.39, 0.29) is 16.7 Å². The topological polar surface area (TPSA) is 73.2 Å². The predicted octanol–water partition coefficient (Wildman–Crippen LogP) is 2.89. The largest absolute Gasteiger partial charge is 0.315 e. The molecule has 2 amide bonds. The van der Waals surface area contributed by atoms with Crippen molar-refractivity contribution in [1.29, 1.82) is 5.26 Å². The SMILES string of the molecule is CC12CCC(=O)N1C(C(=O)Nc1sc3c(c1C#N)CCCC3)CS2. The molecule has 0 saturated carbocycles. The molecule has 2 fully saturated rings. The molecule has 2 unspecified atom stereocenters. The van der Waals surface area contributed by atoms with Crippen molar-refractivity contribution in [2.75, 3.05) is 11.1 Å². The summed E-state index contributed by atoms with van der Waals surface area (Å²) in [5.41, 5.74) is 1.75. The minimum atomic E-state index is -0.430. The van der Waals surface area contributed by atoms with Gasteiger partial charge >= 0.3 is 0 Å². The van der Waals surface area contributed by atoms with Gasteiger partial charge in [0.25, 0.3) is 0 Å². The highest BCUT2D eigenvalue weighted by Crippen LogP contribution is 2.47. The van der Waals surface area contributed by atoms with Gasteiger partial charge in [-0.1, -0.05) is 0 Å². The Hall–Kier alpha value is -1.52. The number of hydrogen-bond donors (Lipinski definition) is 1. The Bertz CT molecular complexity index is 767. The van der Waals surface area contributed by atoms with Gasteiger partial charge < -0.3 is 10.2 Å². The van der Waals surface area contributed by atoms with Gasteiger partial charge in [0.15, 0.2) is 0 Å². The number of rotatable bonds is 2. The van der Waals surface area contributed by atoms with Gasteiger partial charge in [-0.3, -0.25) is 9.59 Å². The molecular formula is C17H19N3O2S2. The van der Waals surface area contributed by atoms with Crippen molar-refractivity contribution in [2.45, 2.75) is 56.4 Å². The number of amides is 2. The van der Waals surface area contributed by atoms with E-state index in [1.54, 1.807) is 16.7 Å². The molecule has 3 heterocycles. The van der Waals surface area contributed by atoms with Gasteiger partial charge in [-0.15, -0.1) is 23.1 Å². The Morgan fingerprint density at radius 3 is 2.96 bits per heavy atom. The number of nitriles is 1. The average Bonchev–Trinajstić information content (AvgIpc) is 3.18. The van der Waals surface area contributed by atoms with Crippen molar-refractivity contribution < 1.29 is 9.59 Å². The first-order chi connectivity index (χ1) is 11.5. The van der Waals surface area contributed by atoms with Crippen LogP contribution in [-0.2, 0) is 22.4 Å². The molecule has 1 N–H and O–H groups in total. The molecule has 24 heavy (non-hydrogen) atoms. The van der Waals surface area contributed by atoms with Crippen LogP contribution in [0.1, 0.15) is 48.6 Å². The Balaban J connectivity index is 1.58. The number of thiophene rings is 1. The number of thioether (sulfide) groups is 1. The molecule has 0 bridgehead atoms. The van der Waals surface area contributed by atoms with Crippen LogP contribution in [0.3, 0.4) is 0 Å². The summed E-state index contributed by atoms with van der Waals surface area (Å²) >= 11 is 3.22. The lowest BCUT2D eigenvalue weighted by molar-refractivity contribution is -0.135. The fourth-order valence-corrected chi connectivity index (χ4v) is 6.66. The molecule has 7 heteroatoms. The first-order valence-electron chi connectivity index (χ1n) is 8.35. The molecule has 1 aromatic heterocycles. The Labute approximate surface area is 149 Å². The van der Waals surface area contributed by atoms with Gasteiger partial charge in [-0.05, 0) is 44.6 Å². The second-order valence-electron chi connectivity index (χ2n) is 6.78. The van der Waals surface area contributed by atoms with Crippen LogP contribution in [-0.4, -0.2) is 33.4 Å². The second-order valence-corrected chi connectivity index (χ2v) is 9.39. The number of hydrogen-bond acceptors (Lipinski definition) is 5. The second kappa shape index (κ2) is 5.78. The standard InChI is InChI=1S/C17H19N3O2S2/c1-17-7-6-14(21)20(17)12(9-23-17)15(22)19-16-11(8-18)10-4-2-3-5-13(10)24-16/h12H,2-7,9H2,1H3,(H,19,22). The maximum atomic E-state index is 12.8. The lowest BCUT2D eigenvalue weighted by Gasteiger charge is -2.29. The van der Waals surface area contributed by atoms with Crippen molar-refractivity contribution in [3.63, 3.8) is 0 Å². The monoisotopic (exact) mass is 361 g/mol. The molecule has 1 aliphatic carbocycles. The third-order valence-corrected chi connectivity index (χ3v) is 7.98. The van der Waals surface area contributed by atoms with E-state index in [0.717, 1.165) is 37.7 Å². The Morgan fingerprint density at radius 1 is 1.38 bits per heavy atom. The molecule has 0 aromatic carbocycles. The zero-order valence-electron chi connectivity index (χ0n) is 13.6. The maximum Gasteiger partial charge on any atom is 0.248 e. The molecule has 1 aromatic rings. The summed E-state index contributed by atoms with van der Waals surface area (Å²) in [6.45, 7) is 2.04. The maximum absolute atomic E-state index is 12.8. The van der Waals surface area contributed by atoms with E-state index in [2.05, 4.69) is 11.4 Å². The minimum Gasteiger partial charge on any atom is -0.315 e. The van der Waals surface area contributed by atoms with Crippen LogP contribution in [0.2, 0.25) is 0 Å². The molecule has 2 atom stereocenters. The van der Waals surface area contributed by atoms with Crippen LogP contribution in [0, 0.1) is 11.3 Å². The highest BCUT2D eigenvalue weighted by molar-refractivity contribution is 8.01. The van der Waals surface area contributed by atoms with Crippen molar-refractivity contribution in [3.05, 3.63) is 16.0 Å². The molecule has 3 aliphatic rings. The number of anilines is 1. The number of carbonyl (C=O) groups is 2. The van der Waals surface area contributed by atoms with E-state index in [1.807, 2.05) is 6.92 Å². The van der Waals surface area contributed by atoms with E-state index in [9.17, 15) is 14.9 Å². The number of fused-ring (bicyclic) bond motifs is 2. The van der Waals surface area contributed by atoms with E-state index < -0.39 is 6.04 Å². The molecule has 0 radical (unpaired) electrons. The van der Waals surface area contributed by atoms with Gasteiger partial charge in [0, 0.05) is 17.1 Å². The van der Waals surface area contributed by atoms with Gasteiger partial charge in [0.2, 0.25) is 11.8 Å².